The quantitative estimate of drug-likeness (QED) is 0.172. The molecule has 1 saturated carbocycles. The molecule has 1 aliphatic rings. The third-order valence-electron chi connectivity index (χ3n) is 7.42. The number of ether oxygens (including phenoxy) is 1. The minimum absolute atomic E-state index is 0.215. The van der Waals surface area contributed by atoms with E-state index in [0.717, 1.165) is 61.4 Å². The van der Waals surface area contributed by atoms with Gasteiger partial charge in [0, 0.05) is 24.3 Å². The Kier molecular flexibility index (Phi) is 9.29. The molecule has 2 unspecified atom stereocenters. The highest BCUT2D eigenvalue weighted by Crippen LogP contribution is 2.36. The molecule has 0 amide bonds. The fourth-order valence-corrected chi connectivity index (χ4v) is 5.49. The van der Waals surface area contributed by atoms with Crippen LogP contribution in [0.1, 0.15) is 37.3 Å². The van der Waals surface area contributed by atoms with E-state index in [1.54, 1.807) is 42.7 Å². The van der Waals surface area contributed by atoms with Gasteiger partial charge in [-0.2, -0.15) is 0 Å². The van der Waals surface area contributed by atoms with Gasteiger partial charge in [0.05, 0.1) is 5.39 Å². The van der Waals surface area contributed by atoms with Crippen molar-refractivity contribution in [3.8, 4) is 11.5 Å². The molecule has 0 spiro atoms. The Balaban J connectivity index is 0.955. The lowest BCUT2D eigenvalue weighted by Gasteiger charge is -2.15. The second-order valence-electron chi connectivity index (χ2n) is 10.1. The Morgan fingerprint density at radius 1 is 1.03 bits per heavy atom. The molecule has 206 valence electrons. The molecule has 0 bridgehead atoms. The molecule has 9 heteroatoms. The SMILES string of the molecule is CNc1ncnc2c1ccn2C1CCC(CNCCCNCCc2ccc(Oc3ccc(Cl)cc3)c(F)c2)C1. The molecule has 0 radical (unpaired) electrons. The minimum atomic E-state index is -0.359. The topological polar surface area (TPSA) is 76.0 Å². The molecule has 7 nitrogen and oxygen atoms in total. The zero-order chi connectivity index (χ0) is 27.0. The summed E-state index contributed by atoms with van der Waals surface area (Å²) in [5.41, 5.74) is 1.96. The van der Waals surface area contributed by atoms with E-state index in [4.69, 9.17) is 16.3 Å². The van der Waals surface area contributed by atoms with Gasteiger partial charge < -0.3 is 25.3 Å². The van der Waals surface area contributed by atoms with E-state index in [0.29, 0.717) is 22.7 Å². The normalized spacial score (nSPS) is 17.1. The van der Waals surface area contributed by atoms with Gasteiger partial charge in [-0.1, -0.05) is 17.7 Å². The molecular formula is C30H36ClFN6O. The maximum Gasteiger partial charge on any atom is 0.165 e. The maximum atomic E-state index is 14.5. The number of fused-ring (bicyclic) bond motifs is 1. The van der Waals surface area contributed by atoms with Crippen LogP contribution in [0.15, 0.2) is 61.1 Å². The van der Waals surface area contributed by atoms with Gasteiger partial charge in [0.1, 0.15) is 23.5 Å². The average Bonchev–Trinajstić information content (AvgIpc) is 3.60. The van der Waals surface area contributed by atoms with E-state index in [1.165, 1.54) is 19.3 Å². The van der Waals surface area contributed by atoms with Crippen LogP contribution in [0.25, 0.3) is 11.0 Å². The van der Waals surface area contributed by atoms with Crippen LogP contribution in [0.5, 0.6) is 11.5 Å². The van der Waals surface area contributed by atoms with Gasteiger partial charge in [-0.25, -0.2) is 14.4 Å². The first-order chi connectivity index (χ1) is 19.1. The first-order valence-electron chi connectivity index (χ1n) is 13.7. The summed E-state index contributed by atoms with van der Waals surface area (Å²) in [5, 5.41) is 12.0. The van der Waals surface area contributed by atoms with Gasteiger partial charge in [0.15, 0.2) is 11.6 Å². The fourth-order valence-electron chi connectivity index (χ4n) is 5.37. The summed E-state index contributed by atoms with van der Waals surface area (Å²) in [6.07, 6.45) is 9.22. The van der Waals surface area contributed by atoms with Crippen LogP contribution < -0.4 is 20.7 Å². The van der Waals surface area contributed by atoms with Gasteiger partial charge in [-0.05, 0) is 112 Å². The third-order valence-corrected chi connectivity index (χ3v) is 7.67. The van der Waals surface area contributed by atoms with E-state index in [1.807, 2.05) is 13.1 Å². The van der Waals surface area contributed by atoms with Gasteiger partial charge in [-0.3, -0.25) is 0 Å². The molecule has 2 atom stereocenters. The number of anilines is 1. The van der Waals surface area contributed by atoms with Gasteiger partial charge in [-0.15, -0.1) is 0 Å². The Bertz CT molecular complexity index is 1360. The highest BCUT2D eigenvalue weighted by atomic mass is 35.5. The van der Waals surface area contributed by atoms with Crippen molar-refractivity contribution in [3.63, 3.8) is 0 Å². The van der Waals surface area contributed by atoms with Crippen LogP contribution in [-0.2, 0) is 6.42 Å². The van der Waals surface area contributed by atoms with E-state index < -0.39 is 0 Å². The van der Waals surface area contributed by atoms with Crippen LogP contribution in [-0.4, -0.2) is 47.8 Å². The lowest BCUT2D eigenvalue weighted by atomic mass is 10.1. The number of nitrogens with zero attached hydrogens (tertiary/aromatic N) is 3. The van der Waals surface area contributed by atoms with Crippen LogP contribution in [0.2, 0.25) is 5.02 Å². The molecule has 39 heavy (non-hydrogen) atoms. The number of rotatable bonds is 13. The number of benzene rings is 2. The monoisotopic (exact) mass is 550 g/mol. The Labute approximate surface area is 234 Å². The van der Waals surface area contributed by atoms with Crippen molar-refractivity contribution >= 4 is 28.5 Å². The number of hydrogen-bond acceptors (Lipinski definition) is 6. The van der Waals surface area contributed by atoms with Crippen molar-refractivity contribution in [2.75, 3.05) is 38.5 Å². The van der Waals surface area contributed by atoms with E-state index in [-0.39, 0.29) is 11.6 Å². The predicted octanol–water partition coefficient (Wildman–Crippen LogP) is 6.21. The Hall–Kier alpha value is -3.20. The van der Waals surface area contributed by atoms with Crippen molar-refractivity contribution in [1.82, 2.24) is 25.2 Å². The molecule has 3 N–H and O–H groups in total. The second-order valence-corrected chi connectivity index (χ2v) is 10.6. The summed E-state index contributed by atoms with van der Waals surface area (Å²) in [6, 6.07) is 14.6. The van der Waals surface area contributed by atoms with Crippen LogP contribution in [0.3, 0.4) is 0 Å². The van der Waals surface area contributed by atoms with Crippen LogP contribution in [0, 0.1) is 11.7 Å². The highest BCUT2D eigenvalue weighted by Gasteiger charge is 2.27. The molecule has 2 aromatic heterocycles. The molecule has 1 fully saturated rings. The van der Waals surface area contributed by atoms with Crippen LogP contribution >= 0.6 is 11.6 Å². The molecule has 5 rings (SSSR count). The van der Waals surface area contributed by atoms with E-state index >= 15 is 0 Å². The van der Waals surface area contributed by atoms with Crippen LogP contribution in [0.4, 0.5) is 10.2 Å². The number of aromatic nitrogens is 3. The molecule has 2 aromatic carbocycles. The largest absolute Gasteiger partial charge is 0.454 e. The molecular weight excluding hydrogens is 515 g/mol. The van der Waals surface area contributed by atoms with E-state index in [9.17, 15) is 4.39 Å². The summed E-state index contributed by atoms with van der Waals surface area (Å²) in [4.78, 5) is 8.86. The summed E-state index contributed by atoms with van der Waals surface area (Å²) in [5.74, 6) is 1.98. The van der Waals surface area contributed by atoms with Crippen molar-refractivity contribution in [2.24, 2.45) is 5.92 Å². The van der Waals surface area contributed by atoms with E-state index in [2.05, 4.69) is 42.7 Å². The second kappa shape index (κ2) is 13.2. The summed E-state index contributed by atoms with van der Waals surface area (Å²) < 4.78 is 22.4. The fraction of sp³-hybridized carbons (Fsp3) is 0.400. The first kappa shape index (κ1) is 27.4. The molecule has 1 aliphatic carbocycles. The Morgan fingerprint density at radius 3 is 2.69 bits per heavy atom. The van der Waals surface area contributed by atoms with Gasteiger partial charge >= 0.3 is 0 Å². The first-order valence-corrected chi connectivity index (χ1v) is 14.1. The molecule has 4 aromatic rings. The zero-order valence-electron chi connectivity index (χ0n) is 22.3. The van der Waals surface area contributed by atoms with Crippen molar-refractivity contribution in [2.45, 2.75) is 38.1 Å². The molecule has 0 aliphatic heterocycles. The summed E-state index contributed by atoms with van der Waals surface area (Å²) in [7, 11) is 1.90. The van der Waals surface area contributed by atoms with Crippen molar-refractivity contribution < 1.29 is 9.13 Å². The van der Waals surface area contributed by atoms with Crippen molar-refractivity contribution in [1.29, 1.82) is 0 Å². The average molecular weight is 551 g/mol. The standard InChI is InChI=1S/C30H36ClFN6O/c1-33-29-26-12-16-38(30(26)37-20-36-29)24-7-3-22(17-24)19-35-14-2-13-34-15-11-21-4-10-28(27(32)18-21)39-25-8-5-23(31)6-9-25/h4-6,8-10,12,16,18,20,22,24,34-35H,2-3,7,11,13-15,17,19H2,1H3,(H,33,36,37). The lowest BCUT2D eigenvalue weighted by molar-refractivity contribution is 0.441. The maximum absolute atomic E-state index is 14.5. The molecule has 0 saturated heterocycles. The molecule has 2 heterocycles. The minimum Gasteiger partial charge on any atom is -0.454 e. The smallest absolute Gasteiger partial charge is 0.165 e. The summed E-state index contributed by atoms with van der Waals surface area (Å²) in [6.45, 7) is 3.79. The number of nitrogens with one attached hydrogen (secondary N) is 3. The lowest BCUT2D eigenvalue weighted by Crippen LogP contribution is -2.26. The number of halogens is 2. The third kappa shape index (κ3) is 7.06. The van der Waals surface area contributed by atoms with Crippen molar-refractivity contribution in [3.05, 3.63) is 77.5 Å². The van der Waals surface area contributed by atoms with Gasteiger partial charge in [0.2, 0.25) is 0 Å². The number of hydrogen-bond donors (Lipinski definition) is 3. The zero-order valence-corrected chi connectivity index (χ0v) is 23.1. The Morgan fingerprint density at radius 2 is 1.87 bits per heavy atom. The summed E-state index contributed by atoms with van der Waals surface area (Å²) >= 11 is 5.89. The highest BCUT2D eigenvalue weighted by molar-refractivity contribution is 6.30. The predicted molar refractivity (Wildman–Crippen MR) is 155 cm³/mol. The van der Waals surface area contributed by atoms with Gasteiger partial charge in [0.25, 0.3) is 0 Å².